The maximum atomic E-state index is 14.4. The second-order valence-corrected chi connectivity index (χ2v) is 9.43. The van der Waals surface area contributed by atoms with Crippen molar-refractivity contribution in [1.82, 2.24) is 9.82 Å². The minimum atomic E-state index is -4.64. The van der Waals surface area contributed by atoms with Crippen molar-refractivity contribution in [2.45, 2.75) is 12.5 Å². The molecule has 0 spiro atoms. The Kier molecular flexibility index (Phi) is 7.78. The smallest absolute Gasteiger partial charge is 0.480 e. The van der Waals surface area contributed by atoms with Crippen LogP contribution in [0, 0.1) is 10.1 Å². The molecule has 4 aromatic rings. The first kappa shape index (κ1) is 25.8. The minimum Gasteiger partial charge on any atom is -0.480 e. The highest BCUT2D eigenvalue weighted by molar-refractivity contribution is 7.52. The van der Waals surface area contributed by atoms with Gasteiger partial charge in [-0.15, -0.1) is 0 Å². The molecule has 1 heterocycles. The van der Waals surface area contributed by atoms with E-state index in [0.717, 1.165) is 7.11 Å². The summed E-state index contributed by atoms with van der Waals surface area (Å²) in [6.07, 6.45) is 1.31. The number of carbonyl (C=O) groups is 1. The van der Waals surface area contributed by atoms with Gasteiger partial charge >= 0.3 is 13.7 Å². The fraction of sp³-hybridized carbons (Fsp3) is 0.120. The molecule has 37 heavy (non-hydrogen) atoms. The van der Waals surface area contributed by atoms with Crippen LogP contribution in [0.1, 0.15) is 5.56 Å². The Morgan fingerprint density at radius 2 is 1.70 bits per heavy atom. The second kappa shape index (κ2) is 11.2. The van der Waals surface area contributed by atoms with Crippen LogP contribution in [0.25, 0.3) is 10.9 Å². The quantitative estimate of drug-likeness (QED) is 0.157. The number of carboxylic acid groups (broad SMARTS) is 1. The number of para-hydroxylation sites is 1. The van der Waals surface area contributed by atoms with E-state index in [4.69, 9.17) is 13.9 Å². The van der Waals surface area contributed by atoms with Gasteiger partial charge in [-0.25, -0.2) is 4.57 Å². The van der Waals surface area contributed by atoms with Gasteiger partial charge in [-0.3, -0.25) is 24.7 Å². The Morgan fingerprint density at radius 1 is 1.03 bits per heavy atom. The highest BCUT2D eigenvalue weighted by Gasteiger charge is 2.46. The Morgan fingerprint density at radius 3 is 2.32 bits per heavy atom. The van der Waals surface area contributed by atoms with Gasteiger partial charge in [0.25, 0.3) is 5.69 Å². The van der Waals surface area contributed by atoms with E-state index in [1.54, 1.807) is 48.5 Å². The molecule has 0 fully saturated rings. The molecule has 0 saturated carbocycles. The lowest BCUT2D eigenvalue weighted by atomic mass is 10.1. The van der Waals surface area contributed by atoms with Gasteiger partial charge in [0, 0.05) is 18.7 Å². The lowest BCUT2D eigenvalue weighted by Crippen LogP contribution is -2.42. The summed E-state index contributed by atoms with van der Waals surface area (Å²) in [7, 11) is -3.49. The predicted molar refractivity (Wildman–Crippen MR) is 134 cm³/mol. The first-order valence-electron chi connectivity index (χ1n) is 11.0. The highest BCUT2D eigenvalue weighted by Crippen LogP contribution is 2.54. The van der Waals surface area contributed by atoms with Crippen LogP contribution >= 0.6 is 7.75 Å². The predicted octanol–water partition coefficient (Wildman–Crippen LogP) is 5.27. The lowest BCUT2D eigenvalue weighted by Gasteiger charge is -2.32. The van der Waals surface area contributed by atoms with E-state index in [2.05, 4.69) is 4.98 Å². The van der Waals surface area contributed by atoms with Gasteiger partial charge in [0.15, 0.2) is 11.8 Å². The number of aromatic nitrogens is 1. The van der Waals surface area contributed by atoms with Gasteiger partial charge < -0.3 is 14.2 Å². The van der Waals surface area contributed by atoms with Gasteiger partial charge in [0.2, 0.25) is 0 Å². The molecule has 0 saturated heterocycles. The molecule has 4 rings (SSSR count). The summed E-state index contributed by atoms with van der Waals surface area (Å²) in [6.45, 7) is 0. The summed E-state index contributed by atoms with van der Waals surface area (Å²) in [5.74, 6) is -1.33. The number of nitrogens with zero attached hydrogens (tertiary/aromatic N) is 3. The number of fused-ring (bicyclic) bond motifs is 1. The molecule has 0 aliphatic rings. The van der Waals surface area contributed by atoms with Crippen LogP contribution in [0.3, 0.4) is 0 Å². The van der Waals surface area contributed by atoms with Crippen molar-refractivity contribution in [2.24, 2.45) is 0 Å². The van der Waals surface area contributed by atoms with Crippen LogP contribution in [0.4, 0.5) is 5.69 Å². The molecule has 0 radical (unpaired) electrons. The van der Waals surface area contributed by atoms with E-state index in [-0.39, 0.29) is 34.5 Å². The van der Waals surface area contributed by atoms with E-state index in [9.17, 15) is 24.6 Å². The van der Waals surface area contributed by atoms with E-state index in [0.29, 0.717) is 10.4 Å². The molecule has 1 aromatic heterocycles. The van der Waals surface area contributed by atoms with Crippen molar-refractivity contribution in [2.75, 3.05) is 7.11 Å². The fourth-order valence-corrected chi connectivity index (χ4v) is 5.40. The third kappa shape index (κ3) is 5.75. The fourth-order valence-electron chi connectivity index (χ4n) is 3.70. The Bertz CT molecular complexity index is 1450. The number of aliphatic carboxylic acids is 1. The largest absolute Gasteiger partial charge is 0.539 e. The van der Waals surface area contributed by atoms with E-state index < -0.39 is 24.7 Å². The SMILES string of the molecule is CON(C(Cc1ccccc1)C(=O)O)P(=O)(Oc1ccccc1)Oc1ccc([N+](=O)[O-])c2cccnc12. The zero-order valence-electron chi connectivity index (χ0n) is 19.5. The maximum absolute atomic E-state index is 14.4. The average Bonchev–Trinajstić information content (AvgIpc) is 2.89. The zero-order chi connectivity index (χ0) is 26.4. The number of carboxylic acids is 1. The third-order valence-electron chi connectivity index (χ3n) is 5.34. The van der Waals surface area contributed by atoms with Crippen molar-refractivity contribution in [3.8, 4) is 11.5 Å². The van der Waals surface area contributed by atoms with Crippen molar-refractivity contribution < 1.29 is 33.3 Å². The summed E-state index contributed by atoms with van der Waals surface area (Å²) in [6, 6.07) is 20.7. The number of hydrogen-bond acceptors (Lipinski definition) is 8. The number of benzene rings is 3. The number of nitro benzene ring substituents is 1. The molecule has 11 nitrogen and oxygen atoms in total. The van der Waals surface area contributed by atoms with Crippen LogP contribution in [0.2, 0.25) is 0 Å². The Balaban J connectivity index is 1.82. The summed E-state index contributed by atoms with van der Waals surface area (Å²) in [4.78, 5) is 33.5. The summed E-state index contributed by atoms with van der Waals surface area (Å²) in [5.41, 5.74) is 0.454. The van der Waals surface area contributed by atoms with Gasteiger partial charge in [0.05, 0.1) is 17.4 Å². The second-order valence-electron chi connectivity index (χ2n) is 7.73. The third-order valence-corrected chi connectivity index (χ3v) is 7.13. The minimum absolute atomic E-state index is 0.0413. The van der Waals surface area contributed by atoms with Gasteiger partial charge in [-0.2, -0.15) is 0 Å². The topological polar surface area (TPSA) is 141 Å². The number of rotatable bonds is 11. The molecular formula is C25H22N3O8P. The number of pyridine rings is 1. The van der Waals surface area contributed by atoms with Crippen LogP contribution in [0.5, 0.6) is 11.5 Å². The molecule has 2 unspecified atom stereocenters. The summed E-state index contributed by atoms with van der Waals surface area (Å²) >= 11 is 0. The van der Waals surface area contributed by atoms with Crippen molar-refractivity contribution in [3.05, 3.63) is 107 Å². The summed E-state index contributed by atoms with van der Waals surface area (Å²) < 4.78 is 26.0. The van der Waals surface area contributed by atoms with Gasteiger partial charge in [-0.05, 0) is 35.9 Å². The summed E-state index contributed by atoms with van der Waals surface area (Å²) in [5, 5.41) is 21.7. The van der Waals surface area contributed by atoms with Crippen molar-refractivity contribution in [3.63, 3.8) is 0 Å². The molecular weight excluding hydrogens is 501 g/mol. The average molecular weight is 523 g/mol. The number of nitro groups is 1. The molecule has 0 amide bonds. The molecule has 0 aliphatic heterocycles. The number of hydrogen-bond donors (Lipinski definition) is 1. The van der Waals surface area contributed by atoms with Crippen LogP contribution in [-0.2, 0) is 20.6 Å². The monoisotopic (exact) mass is 523 g/mol. The lowest BCUT2D eigenvalue weighted by molar-refractivity contribution is -0.383. The molecule has 1 N–H and O–H groups in total. The molecule has 12 heteroatoms. The standard InChI is InChI=1S/C25H22N3O8P/c1-34-28(22(25(29)30)17-18-9-4-2-5-10-18)37(33,35-19-11-6-3-7-12-19)36-23-15-14-21(27(31)32)20-13-8-16-26-24(20)23/h2-16,22H,17H2,1H3,(H,29,30). The first-order valence-corrected chi connectivity index (χ1v) is 12.5. The zero-order valence-corrected chi connectivity index (χ0v) is 20.4. The van der Waals surface area contributed by atoms with Gasteiger partial charge in [0.1, 0.15) is 11.3 Å². The number of non-ortho nitro benzene ring substituents is 1. The highest BCUT2D eigenvalue weighted by atomic mass is 31.2. The van der Waals surface area contributed by atoms with Crippen molar-refractivity contribution in [1.29, 1.82) is 0 Å². The van der Waals surface area contributed by atoms with Crippen molar-refractivity contribution >= 4 is 30.3 Å². The maximum Gasteiger partial charge on any atom is 0.539 e. The Hall–Kier alpha value is -4.31. The van der Waals surface area contributed by atoms with Crippen LogP contribution in [-0.4, -0.2) is 39.0 Å². The molecule has 190 valence electrons. The molecule has 3 aromatic carbocycles. The van der Waals surface area contributed by atoms with Crippen LogP contribution < -0.4 is 9.05 Å². The number of hydroxylamine groups is 1. The Labute approximate surface area is 211 Å². The van der Waals surface area contributed by atoms with E-state index >= 15 is 0 Å². The molecule has 0 aliphatic carbocycles. The normalized spacial score (nSPS) is 13.6. The van der Waals surface area contributed by atoms with E-state index in [1.165, 1.54) is 42.6 Å². The molecule has 2 atom stereocenters. The van der Waals surface area contributed by atoms with Gasteiger partial charge in [-0.1, -0.05) is 53.4 Å². The first-order chi connectivity index (χ1) is 17.8. The van der Waals surface area contributed by atoms with Crippen LogP contribution in [0.15, 0.2) is 91.1 Å². The molecule has 0 bridgehead atoms. The van der Waals surface area contributed by atoms with E-state index in [1.807, 2.05) is 0 Å².